The fraction of sp³-hybridized carbons (Fsp3) is 0.118. The first kappa shape index (κ1) is 17.8. The zero-order valence-corrected chi connectivity index (χ0v) is 13.8. The zero-order chi connectivity index (χ0) is 17.6. The van der Waals surface area contributed by atoms with Gasteiger partial charge in [0.1, 0.15) is 5.82 Å². The molecule has 2 N–H and O–H groups in total. The second-order valence-corrected chi connectivity index (χ2v) is 6.84. The van der Waals surface area contributed by atoms with Crippen molar-refractivity contribution in [2.24, 2.45) is 0 Å². The van der Waals surface area contributed by atoms with Crippen LogP contribution >= 0.6 is 0 Å². The molecule has 2 aromatic rings. The number of benzene rings is 2. The third-order valence-electron chi connectivity index (χ3n) is 3.24. The number of hydrogen-bond donors (Lipinski definition) is 2. The average molecular weight is 348 g/mol. The number of carbonyl (C=O) groups excluding carboxylic acids is 1. The molecule has 126 valence electrons. The molecule has 0 fully saturated rings. The lowest BCUT2D eigenvalue weighted by Crippen LogP contribution is -2.20. The van der Waals surface area contributed by atoms with E-state index in [0.29, 0.717) is 11.1 Å². The van der Waals surface area contributed by atoms with Crippen molar-refractivity contribution < 1.29 is 17.6 Å². The van der Waals surface area contributed by atoms with Crippen molar-refractivity contribution in [3.8, 4) is 0 Å². The molecule has 0 aliphatic rings. The molecule has 24 heavy (non-hydrogen) atoms. The molecule has 0 saturated heterocycles. The molecule has 0 atom stereocenters. The molecule has 1 amide bonds. The van der Waals surface area contributed by atoms with E-state index in [1.54, 1.807) is 30.3 Å². The molecule has 0 saturated carbocycles. The Bertz CT molecular complexity index is 846. The molecule has 0 heterocycles. The number of rotatable bonds is 6. The van der Waals surface area contributed by atoms with Gasteiger partial charge in [0.25, 0.3) is 0 Å². The SMILES string of the molecule is CNS(=O)(=O)c1ccc(/C=C/C(=O)NCc2cccc(F)c2)cc1. The summed E-state index contributed by atoms with van der Waals surface area (Å²) >= 11 is 0. The largest absolute Gasteiger partial charge is 0.348 e. The van der Waals surface area contributed by atoms with E-state index in [0.717, 1.165) is 0 Å². The molecule has 0 aromatic heterocycles. The van der Waals surface area contributed by atoms with E-state index in [9.17, 15) is 17.6 Å². The van der Waals surface area contributed by atoms with E-state index in [2.05, 4.69) is 10.0 Å². The standard InChI is InChI=1S/C17H17FN2O3S/c1-19-24(22,23)16-8-5-13(6-9-16)7-10-17(21)20-12-14-3-2-4-15(18)11-14/h2-11,19H,12H2,1H3,(H,20,21)/b10-7+. The molecule has 0 unspecified atom stereocenters. The van der Waals surface area contributed by atoms with E-state index in [4.69, 9.17) is 0 Å². The summed E-state index contributed by atoms with van der Waals surface area (Å²) in [5, 5.41) is 2.64. The summed E-state index contributed by atoms with van der Waals surface area (Å²) in [5.74, 6) is -0.680. The Kier molecular flexibility index (Phi) is 5.83. The molecule has 0 bridgehead atoms. The first-order chi connectivity index (χ1) is 11.4. The highest BCUT2D eigenvalue weighted by Crippen LogP contribution is 2.11. The summed E-state index contributed by atoms with van der Waals surface area (Å²) in [5.41, 5.74) is 1.35. The van der Waals surface area contributed by atoms with Crippen LogP contribution in [0.1, 0.15) is 11.1 Å². The predicted octanol–water partition coefficient (Wildman–Crippen LogP) is 2.06. The summed E-state index contributed by atoms with van der Waals surface area (Å²) in [6, 6.07) is 12.1. The highest BCUT2D eigenvalue weighted by Gasteiger charge is 2.09. The van der Waals surface area contributed by atoms with Gasteiger partial charge in [-0.1, -0.05) is 24.3 Å². The maximum Gasteiger partial charge on any atom is 0.244 e. The number of hydrogen-bond acceptors (Lipinski definition) is 3. The third kappa shape index (κ3) is 5.00. The van der Waals surface area contributed by atoms with Crippen molar-refractivity contribution in [2.75, 3.05) is 7.05 Å². The number of carbonyl (C=O) groups is 1. The van der Waals surface area contributed by atoms with Gasteiger partial charge >= 0.3 is 0 Å². The Morgan fingerprint density at radius 3 is 2.50 bits per heavy atom. The molecule has 2 aromatic carbocycles. The van der Waals surface area contributed by atoms with Crippen LogP contribution in [0.2, 0.25) is 0 Å². The summed E-state index contributed by atoms with van der Waals surface area (Å²) in [6.07, 6.45) is 2.90. The molecule has 0 aliphatic heterocycles. The van der Waals surface area contributed by atoms with Crippen LogP contribution in [0.3, 0.4) is 0 Å². The van der Waals surface area contributed by atoms with Crippen molar-refractivity contribution >= 4 is 22.0 Å². The van der Waals surface area contributed by atoms with Crippen LogP contribution in [0, 0.1) is 5.82 Å². The fourth-order valence-corrected chi connectivity index (χ4v) is 2.67. The fourth-order valence-electron chi connectivity index (χ4n) is 1.94. The van der Waals surface area contributed by atoms with Crippen LogP contribution in [0.4, 0.5) is 4.39 Å². The van der Waals surface area contributed by atoms with Crippen molar-refractivity contribution in [1.82, 2.24) is 10.0 Å². The Morgan fingerprint density at radius 2 is 1.88 bits per heavy atom. The van der Waals surface area contributed by atoms with Gasteiger partial charge in [-0.3, -0.25) is 4.79 Å². The first-order valence-electron chi connectivity index (χ1n) is 7.15. The Balaban J connectivity index is 1.94. The third-order valence-corrected chi connectivity index (χ3v) is 4.67. The lowest BCUT2D eigenvalue weighted by Gasteiger charge is -2.03. The lowest BCUT2D eigenvalue weighted by molar-refractivity contribution is -0.116. The maximum atomic E-state index is 13.0. The molecule has 5 nitrogen and oxygen atoms in total. The Hall–Kier alpha value is -2.51. The van der Waals surface area contributed by atoms with Crippen molar-refractivity contribution in [3.05, 3.63) is 71.6 Å². The van der Waals surface area contributed by atoms with Gasteiger partial charge in [0.15, 0.2) is 0 Å². The summed E-state index contributed by atoms with van der Waals surface area (Å²) in [7, 11) is -2.13. The molecular weight excluding hydrogens is 331 g/mol. The molecular formula is C17H17FN2O3S. The van der Waals surface area contributed by atoms with Gasteiger partial charge in [-0.25, -0.2) is 17.5 Å². The van der Waals surface area contributed by atoms with Crippen LogP contribution in [-0.4, -0.2) is 21.4 Å². The van der Waals surface area contributed by atoms with E-state index in [1.807, 2.05) is 0 Å². The quantitative estimate of drug-likeness (QED) is 0.785. The van der Waals surface area contributed by atoms with Gasteiger partial charge in [-0.05, 0) is 48.5 Å². The maximum absolute atomic E-state index is 13.0. The number of sulfonamides is 1. The molecule has 0 radical (unpaired) electrons. The zero-order valence-electron chi connectivity index (χ0n) is 13.0. The van der Waals surface area contributed by atoms with Crippen molar-refractivity contribution in [1.29, 1.82) is 0 Å². The predicted molar refractivity (Wildman–Crippen MR) is 90.0 cm³/mol. The minimum absolute atomic E-state index is 0.151. The monoisotopic (exact) mass is 348 g/mol. The van der Waals surface area contributed by atoms with Gasteiger partial charge in [0.05, 0.1) is 4.90 Å². The summed E-state index contributed by atoms with van der Waals surface area (Å²) < 4.78 is 38.5. The topological polar surface area (TPSA) is 75.3 Å². The Labute approximate surface area is 140 Å². The van der Waals surface area contributed by atoms with Crippen molar-refractivity contribution in [2.45, 2.75) is 11.4 Å². The van der Waals surface area contributed by atoms with Crippen LogP contribution in [-0.2, 0) is 21.4 Å². The number of amides is 1. The average Bonchev–Trinajstić information content (AvgIpc) is 2.58. The van der Waals surface area contributed by atoms with Crippen LogP contribution < -0.4 is 10.0 Å². The molecule has 2 rings (SSSR count). The molecule has 7 heteroatoms. The summed E-state index contributed by atoms with van der Waals surface area (Å²) in [6.45, 7) is 0.223. The van der Waals surface area contributed by atoms with Gasteiger partial charge in [0, 0.05) is 12.6 Å². The lowest BCUT2D eigenvalue weighted by atomic mass is 10.2. The van der Waals surface area contributed by atoms with E-state index >= 15 is 0 Å². The van der Waals surface area contributed by atoms with Crippen LogP contribution in [0.15, 0.2) is 59.5 Å². The highest BCUT2D eigenvalue weighted by molar-refractivity contribution is 7.89. The van der Waals surface area contributed by atoms with Gasteiger partial charge in [-0.15, -0.1) is 0 Å². The molecule has 0 aliphatic carbocycles. The smallest absolute Gasteiger partial charge is 0.244 e. The number of nitrogens with one attached hydrogen (secondary N) is 2. The number of halogens is 1. The van der Waals surface area contributed by atoms with E-state index in [1.165, 1.54) is 37.4 Å². The minimum Gasteiger partial charge on any atom is -0.348 e. The normalized spacial score (nSPS) is 11.6. The van der Waals surface area contributed by atoms with Crippen molar-refractivity contribution in [3.63, 3.8) is 0 Å². The van der Waals surface area contributed by atoms with Crippen LogP contribution in [0.25, 0.3) is 6.08 Å². The first-order valence-corrected chi connectivity index (χ1v) is 8.63. The second kappa shape index (κ2) is 7.85. The second-order valence-electron chi connectivity index (χ2n) is 4.96. The van der Waals surface area contributed by atoms with Gasteiger partial charge in [-0.2, -0.15) is 0 Å². The van der Waals surface area contributed by atoms with E-state index in [-0.39, 0.29) is 23.2 Å². The van der Waals surface area contributed by atoms with Gasteiger partial charge in [0.2, 0.25) is 15.9 Å². The van der Waals surface area contributed by atoms with E-state index < -0.39 is 10.0 Å². The summed E-state index contributed by atoms with van der Waals surface area (Å²) in [4.78, 5) is 11.9. The Morgan fingerprint density at radius 1 is 1.17 bits per heavy atom. The highest BCUT2D eigenvalue weighted by atomic mass is 32.2. The van der Waals surface area contributed by atoms with Crippen LogP contribution in [0.5, 0.6) is 0 Å². The van der Waals surface area contributed by atoms with Gasteiger partial charge < -0.3 is 5.32 Å². The molecule has 0 spiro atoms. The minimum atomic E-state index is -3.47.